The normalized spacial score (nSPS) is 33.7. The minimum absolute atomic E-state index is 0.0306. The predicted octanol–water partition coefficient (Wildman–Crippen LogP) is 0.113. The van der Waals surface area contributed by atoms with E-state index in [0.29, 0.717) is 6.54 Å². The van der Waals surface area contributed by atoms with Crippen molar-refractivity contribution in [3.63, 3.8) is 0 Å². The Bertz CT molecular complexity index is 390. The molecule has 106 valence electrons. The zero-order chi connectivity index (χ0) is 13.5. The van der Waals surface area contributed by atoms with Gasteiger partial charge in [0.15, 0.2) is 0 Å². The van der Waals surface area contributed by atoms with Crippen molar-refractivity contribution in [2.45, 2.75) is 38.6 Å². The monoisotopic (exact) mass is 265 g/mol. The summed E-state index contributed by atoms with van der Waals surface area (Å²) >= 11 is 0. The van der Waals surface area contributed by atoms with Gasteiger partial charge in [0.25, 0.3) is 0 Å². The van der Waals surface area contributed by atoms with E-state index in [1.165, 1.54) is 0 Å². The number of hydrogen-bond acceptors (Lipinski definition) is 3. The lowest BCUT2D eigenvalue weighted by Gasteiger charge is -2.43. The van der Waals surface area contributed by atoms with Crippen LogP contribution in [-0.4, -0.2) is 48.9 Å². The van der Waals surface area contributed by atoms with Crippen molar-refractivity contribution < 1.29 is 9.59 Å². The second-order valence-electron chi connectivity index (χ2n) is 6.37. The van der Waals surface area contributed by atoms with E-state index in [9.17, 15) is 9.59 Å². The first-order chi connectivity index (χ1) is 9.12. The van der Waals surface area contributed by atoms with Crippen LogP contribution in [0.25, 0.3) is 0 Å². The van der Waals surface area contributed by atoms with Gasteiger partial charge >= 0.3 is 0 Å². The Hall–Kier alpha value is -1.10. The summed E-state index contributed by atoms with van der Waals surface area (Å²) in [5.41, 5.74) is -0.237. The first-order valence-electron chi connectivity index (χ1n) is 7.41. The van der Waals surface area contributed by atoms with E-state index in [2.05, 4.69) is 17.6 Å². The number of likely N-dealkylation sites (tertiary alicyclic amines) is 1. The summed E-state index contributed by atoms with van der Waals surface area (Å²) in [7, 11) is 0. The Kier molecular flexibility index (Phi) is 3.25. The number of piperidine rings is 2. The molecule has 2 N–H and O–H groups in total. The number of nitrogens with zero attached hydrogens (tertiary/aromatic N) is 1. The second kappa shape index (κ2) is 4.78. The largest absolute Gasteiger partial charge is 0.354 e. The van der Waals surface area contributed by atoms with Crippen molar-refractivity contribution in [3.8, 4) is 0 Å². The molecule has 5 nitrogen and oxygen atoms in total. The average Bonchev–Trinajstić information content (AvgIpc) is 2.81. The third-order valence-corrected chi connectivity index (χ3v) is 5.09. The Balaban J connectivity index is 1.77. The van der Waals surface area contributed by atoms with Crippen molar-refractivity contribution in [1.29, 1.82) is 0 Å². The highest BCUT2D eigenvalue weighted by molar-refractivity contribution is 5.87. The molecule has 0 aliphatic carbocycles. The van der Waals surface area contributed by atoms with Crippen molar-refractivity contribution in [1.82, 2.24) is 15.5 Å². The molecule has 2 amide bonds. The average molecular weight is 265 g/mol. The lowest BCUT2D eigenvalue weighted by molar-refractivity contribution is -0.147. The fourth-order valence-electron chi connectivity index (χ4n) is 3.74. The molecule has 3 heterocycles. The summed E-state index contributed by atoms with van der Waals surface area (Å²) in [6.45, 7) is 5.38. The van der Waals surface area contributed by atoms with Gasteiger partial charge in [-0.15, -0.1) is 0 Å². The number of hydrogen-bond donors (Lipinski definition) is 2. The Labute approximate surface area is 114 Å². The van der Waals surface area contributed by atoms with E-state index < -0.39 is 0 Å². The molecule has 0 aromatic carbocycles. The maximum atomic E-state index is 12.9. The van der Waals surface area contributed by atoms with Gasteiger partial charge in [-0.2, -0.15) is 0 Å². The highest BCUT2D eigenvalue weighted by Crippen LogP contribution is 2.35. The highest BCUT2D eigenvalue weighted by atomic mass is 16.2. The smallest absolute Gasteiger partial charge is 0.228 e. The molecule has 3 rings (SSSR count). The lowest BCUT2D eigenvalue weighted by atomic mass is 9.78. The van der Waals surface area contributed by atoms with Crippen LogP contribution >= 0.6 is 0 Å². The molecule has 5 heteroatoms. The molecule has 0 aromatic heterocycles. The van der Waals surface area contributed by atoms with Crippen LogP contribution in [0.1, 0.15) is 32.6 Å². The van der Waals surface area contributed by atoms with Crippen molar-refractivity contribution in [2.24, 2.45) is 11.3 Å². The summed E-state index contributed by atoms with van der Waals surface area (Å²) < 4.78 is 0. The number of amides is 2. The Morgan fingerprint density at radius 1 is 1.37 bits per heavy atom. The van der Waals surface area contributed by atoms with E-state index in [-0.39, 0.29) is 29.2 Å². The van der Waals surface area contributed by atoms with Crippen LogP contribution in [0.5, 0.6) is 0 Å². The van der Waals surface area contributed by atoms with Crippen LogP contribution in [0.4, 0.5) is 0 Å². The molecule has 0 bridgehead atoms. The van der Waals surface area contributed by atoms with Crippen LogP contribution in [0.15, 0.2) is 0 Å². The van der Waals surface area contributed by atoms with Crippen LogP contribution in [0.3, 0.4) is 0 Å². The minimum atomic E-state index is -0.237. The SMILES string of the molecule is CC1(C(=O)N2CCCC3C(=O)NCC32)CCNCC1. The van der Waals surface area contributed by atoms with E-state index in [0.717, 1.165) is 45.3 Å². The standard InChI is InChI=1S/C14H23N3O2/c1-14(4-6-15-7-5-14)13(19)17-8-2-3-10-11(17)9-16-12(10)18/h10-11,15H,2-9H2,1H3,(H,16,18). The van der Waals surface area contributed by atoms with E-state index >= 15 is 0 Å². The number of fused-ring (bicyclic) bond motifs is 1. The van der Waals surface area contributed by atoms with Gasteiger partial charge in [0, 0.05) is 18.5 Å². The van der Waals surface area contributed by atoms with Crippen molar-refractivity contribution in [2.75, 3.05) is 26.2 Å². The van der Waals surface area contributed by atoms with Crippen LogP contribution in [0.2, 0.25) is 0 Å². The van der Waals surface area contributed by atoms with Gasteiger partial charge in [0.2, 0.25) is 11.8 Å². The summed E-state index contributed by atoms with van der Waals surface area (Å²) in [6.07, 6.45) is 3.69. The number of carbonyl (C=O) groups is 2. The number of carbonyl (C=O) groups excluding carboxylic acids is 2. The molecule has 3 fully saturated rings. The molecular weight excluding hydrogens is 242 g/mol. The minimum Gasteiger partial charge on any atom is -0.354 e. The van der Waals surface area contributed by atoms with Gasteiger partial charge in [-0.1, -0.05) is 6.92 Å². The van der Waals surface area contributed by atoms with Gasteiger partial charge in [-0.25, -0.2) is 0 Å². The molecule has 0 aromatic rings. The molecule has 2 unspecified atom stereocenters. The van der Waals surface area contributed by atoms with Gasteiger partial charge < -0.3 is 15.5 Å². The second-order valence-corrected chi connectivity index (χ2v) is 6.37. The maximum Gasteiger partial charge on any atom is 0.228 e. The van der Waals surface area contributed by atoms with Crippen molar-refractivity contribution >= 4 is 11.8 Å². The molecule has 0 saturated carbocycles. The molecule has 19 heavy (non-hydrogen) atoms. The fraction of sp³-hybridized carbons (Fsp3) is 0.857. The van der Waals surface area contributed by atoms with Gasteiger partial charge in [0.05, 0.1) is 12.0 Å². The first kappa shape index (κ1) is 12.9. The van der Waals surface area contributed by atoms with Gasteiger partial charge in [-0.05, 0) is 38.8 Å². The van der Waals surface area contributed by atoms with E-state index in [1.807, 2.05) is 4.90 Å². The fourth-order valence-corrected chi connectivity index (χ4v) is 3.74. The summed E-state index contributed by atoms with van der Waals surface area (Å²) in [5, 5.41) is 6.23. The van der Waals surface area contributed by atoms with Gasteiger partial charge in [0.1, 0.15) is 0 Å². The maximum absolute atomic E-state index is 12.9. The van der Waals surface area contributed by atoms with Crippen LogP contribution < -0.4 is 10.6 Å². The number of rotatable bonds is 1. The summed E-state index contributed by atoms with van der Waals surface area (Å²) in [6, 6.07) is 0.0976. The predicted molar refractivity (Wildman–Crippen MR) is 71.4 cm³/mol. The molecule has 3 aliphatic rings. The summed E-state index contributed by atoms with van der Waals surface area (Å²) in [4.78, 5) is 26.7. The quantitative estimate of drug-likeness (QED) is 0.707. The third-order valence-electron chi connectivity index (χ3n) is 5.09. The zero-order valence-corrected chi connectivity index (χ0v) is 11.6. The van der Waals surface area contributed by atoms with Crippen LogP contribution in [0, 0.1) is 11.3 Å². The Morgan fingerprint density at radius 2 is 2.11 bits per heavy atom. The first-order valence-corrected chi connectivity index (χ1v) is 7.41. The molecule has 2 atom stereocenters. The Morgan fingerprint density at radius 3 is 2.84 bits per heavy atom. The molecule has 3 saturated heterocycles. The summed E-state index contributed by atoms with van der Waals surface area (Å²) in [5.74, 6) is 0.432. The van der Waals surface area contributed by atoms with Crippen LogP contribution in [-0.2, 0) is 9.59 Å². The van der Waals surface area contributed by atoms with E-state index in [1.54, 1.807) is 0 Å². The van der Waals surface area contributed by atoms with Crippen molar-refractivity contribution in [3.05, 3.63) is 0 Å². The number of nitrogens with one attached hydrogen (secondary N) is 2. The molecule has 0 spiro atoms. The van der Waals surface area contributed by atoms with Gasteiger partial charge in [-0.3, -0.25) is 9.59 Å². The highest BCUT2D eigenvalue weighted by Gasteiger charge is 2.47. The topological polar surface area (TPSA) is 61.4 Å². The molecule has 3 aliphatic heterocycles. The third kappa shape index (κ3) is 2.14. The lowest BCUT2D eigenvalue weighted by Crippen LogP contribution is -2.55. The zero-order valence-electron chi connectivity index (χ0n) is 11.6. The molecule has 0 radical (unpaired) electrons. The molecular formula is C14H23N3O2. The van der Waals surface area contributed by atoms with E-state index in [4.69, 9.17) is 0 Å².